The fraction of sp³-hybridized carbons (Fsp3) is 0.538. The largest absolute Gasteiger partial charge is 0.514 e. The van der Waals surface area contributed by atoms with Crippen LogP contribution >= 0.6 is 0 Å². The molecule has 0 aliphatic rings. The van der Waals surface area contributed by atoms with Crippen molar-refractivity contribution < 1.29 is 47.6 Å². The monoisotopic (exact) mass is 508 g/mol. The summed E-state index contributed by atoms with van der Waals surface area (Å²) in [7, 11) is 0. The molecule has 1 atom stereocenters. The molecule has 10 heteroatoms. The molecule has 0 aliphatic carbocycles. The Balaban J connectivity index is 2.89. The summed E-state index contributed by atoms with van der Waals surface area (Å²) in [6.45, 7) is 13.5. The SMILES string of the molecule is CCC(C)C(=O)OCCOC(=O)/C=C/c1ccc(OC(=O)OC(C)(C)C)c(OC(=O)OC(C)(C)C)c1. The van der Waals surface area contributed by atoms with E-state index in [0.29, 0.717) is 12.0 Å². The van der Waals surface area contributed by atoms with E-state index in [1.807, 2.05) is 6.92 Å². The highest BCUT2D eigenvalue weighted by Crippen LogP contribution is 2.30. The molecule has 200 valence electrons. The van der Waals surface area contributed by atoms with Crippen LogP contribution in [0.25, 0.3) is 6.08 Å². The van der Waals surface area contributed by atoms with Gasteiger partial charge in [0.05, 0.1) is 5.92 Å². The van der Waals surface area contributed by atoms with Gasteiger partial charge in [0, 0.05) is 6.08 Å². The molecule has 0 heterocycles. The molecule has 1 aromatic rings. The average molecular weight is 509 g/mol. The molecule has 0 spiro atoms. The zero-order valence-corrected chi connectivity index (χ0v) is 22.2. The first-order valence-electron chi connectivity index (χ1n) is 11.6. The molecule has 1 rings (SSSR count). The number of benzene rings is 1. The van der Waals surface area contributed by atoms with E-state index in [-0.39, 0.29) is 36.6 Å². The second-order valence-corrected chi connectivity index (χ2v) is 9.82. The number of carbonyl (C=O) groups excluding carboxylic acids is 4. The van der Waals surface area contributed by atoms with E-state index in [2.05, 4.69) is 0 Å². The summed E-state index contributed by atoms with van der Waals surface area (Å²) in [5.74, 6) is -1.45. The van der Waals surface area contributed by atoms with Crippen molar-refractivity contribution in [3.63, 3.8) is 0 Å². The summed E-state index contributed by atoms with van der Waals surface area (Å²) in [6, 6.07) is 4.28. The normalized spacial score (nSPS) is 12.4. The first-order chi connectivity index (χ1) is 16.6. The average Bonchev–Trinajstić information content (AvgIpc) is 2.73. The Bertz CT molecular complexity index is 950. The van der Waals surface area contributed by atoms with Gasteiger partial charge in [-0.15, -0.1) is 0 Å². The van der Waals surface area contributed by atoms with Crippen LogP contribution in [-0.4, -0.2) is 48.7 Å². The first-order valence-corrected chi connectivity index (χ1v) is 11.6. The van der Waals surface area contributed by atoms with Crippen molar-refractivity contribution >= 4 is 30.3 Å². The van der Waals surface area contributed by atoms with E-state index in [9.17, 15) is 19.2 Å². The van der Waals surface area contributed by atoms with Gasteiger partial charge in [-0.25, -0.2) is 14.4 Å². The van der Waals surface area contributed by atoms with Gasteiger partial charge in [0.1, 0.15) is 24.4 Å². The maximum atomic E-state index is 12.2. The zero-order valence-electron chi connectivity index (χ0n) is 22.2. The minimum absolute atomic E-state index is 0.0483. The topological polar surface area (TPSA) is 124 Å². The number of hydrogen-bond donors (Lipinski definition) is 0. The molecule has 10 nitrogen and oxygen atoms in total. The molecule has 0 bridgehead atoms. The lowest BCUT2D eigenvalue weighted by molar-refractivity contribution is -0.152. The van der Waals surface area contributed by atoms with Crippen LogP contribution in [0.15, 0.2) is 24.3 Å². The molecule has 0 saturated heterocycles. The smallest absolute Gasteiger partial charge is 0.462 e. The number of esters is 2. The lowest BCUT2D eigenvalue weighted by atomic mass is 10.1. The Labute approximate surface area is 211 Å². The molecule has 0 radical (unpaired) electrons. The van der Waals surface area contributed by atoms with Gasteiger partial charge in [-0.3, -0.25) is 4.79 Å². The van der Waals surface area contributed by atoms with E-state index >= 15 is 0 Å². The van der Waals surface area contributed by atoms with Crippen molar-refractivity contribution in [2.24, 2.45) is 5.92 Å². The molecule has 36 heavy (non-hydrogen) atoms. The van der Waals surface area contributed by atoms with E-state index in [1.54, 1.807) is 48.5 Å². The molecular formula is C26H36O10. The van der Waals surface area contributed by atoms with E-state index in [1.165, 1.54) is 24.3 Å². The number of carbonyl (C=O) groups is 4. The van der Waals surface area contributed by atoms with Crippen molar-refractivity contribution in [3.05, 3.63) is 29.8 Å². The van der Waals surface area contributed by atoms with Crippen molar-refractivity contribution in [3.8, 4) is 11.5 Å². The van der Waals surface area contributed by atoms with E-state index in [4.69, 9.17) is 28.4 Å². The van der Waals surface area contributed by atoms with Gasteiger partial charge in [0.15, 0.2) is 11.5 Å². The van der Waals surface area contributed by atoms with Crippen molar-refractivity contribution in [2.45, 2.75) is 73.0 Å². The number of hydrogen-bond acceptors (Lipinski definition) is 10. The van der Waals surface area contributed by atoms with Crippen LogP contribution in [0.1, 0.15) is 67.4 Å². The molecule has 0 saturated carbocycles. The summed E-state index contributed by atoms with van der Waals surface area (Å²) in [5, 5.41) is 0. The minimum atomic E-state index is -1.01. The van der Waals surface area contributed by atoms with Gasteiger partial charge >= 0.3 is 24.2 Å². The molecule has 0 amide bonds. The third-order valence-electron chi connectivity index (χ3n) is 4.13. The molecule has 1 aromatic carbocycles. The van der Waals surface area contributed by atoms with Crippen LogP contribution in [0.3, 0.4) is 0 Å². The predicted molar refractivity (Wildman–Crippen MR) is 131 cm³/mol. The Morgan fingerprint density at radius 1 is 0.833 bits per heavy atom. The van der Waals surface area contributed by atoms with Crippen LogP contribution in [0.5, 0.6) is 11.5 Å². The highest BCUT2D eigenvalue weighted by molar-refractivity contribution is 5.87. The minimum Gasteiger partial charge on any atom is -0.462 e. The fourth-order valence-electron chi connectivity index (χ4n) is 2.32. The van der Waals surface area contributed by atoms with Crippen molar-refractivity contribution in [1.82, 2.24) is 0 Å². The van der Waals surface area contributed by atoms with Crippen molar-refractivity contribution in [2.75, 3.05) is 13.2 Å². The number of ether oxygens (including phenoxy) is 6. The second kappa shape index (κ2) is 13.5. The second-order valence-electron chi connectivity index (χ2n) is 9.82. The Morgan fingerprint density at radius 3 is 1.89 bits per heavy atom. The number of rotatable bonds is 9. The fourth-order valence-corrected chi connectivity index (χ4v) is 2.32. The summed E-state index contributed by atoms with van der Waals surface area (Å²) >= 11 is 0. The standard InChI is InChI=1S/C26H36O10/c1-9-17(2)22(28)32-15-14-31-21(27)13-11-18-10-12-19(33-23(29)35-25(3,4)5)20(16-18)34-24(30)36-26(6,7)8/h10-13,16-17H,9,14-15H2,1-8H3/b13-11+. The van der Waals surface area contributed by atoms with Crippen LogP contribution in [0.4, 0.5) is 9.59 Å². The van der Waals surface area contributed by atoms with Gasteiger partial charge in [-0.2, -0.15) is 0 Å². The van der Waals surface area contributed by atoms with E-state index in [0.717, 1.165) is 6.08 Å². The zero-order chi connectivity index (χ0) is 27.5. The van der Waals surface area contributed by atoms with Gasteiger partial charge < -0.3 is 28.4 Å². The maximum absolute atomic E-state index is 12.2. The van der Waals surface area contributed by atoms with Crippen LogP contribution in [-0.2, 0) is 28.5 Å². The van der Waals surface area contributed by atoms with Gasteiger partial charge in [0.2, 0.25) is 0 Å². The van der Waals surface area contributed by atoms with Crippen molar-refractivity contribution in [1.29, 1.82) is 0 Å². The van der Waals surface area contributed by atoms with Gasteiger partial charge in [-0.1, -0.05) is 19.9 Å². The Kier molecular flexibility index (Phi) is 11.4. The molecule has 1 unspecified atom stereocenters. The lowest BCUT2D eigenvalue weighted by Gasteiger charge is -2.20. The van der Waals surface area contributed by atoms with Crippen LogP contribution < -0.4 is 9.47 Å². The van der Waals surface area contributed by atoms with Gasteiger partial charge in [0.25, 0.3) is 0 Å². The molecule has 0 N–H and O–H groups in total. The molecular weight excluding hydrogens is 472 g/mol. The highest BCUT2D eigenvalue weighted by Gasteiger charge is 2.23. The summed E-state index contributed by atoms with van der Waals surface area (Å²) in [5.41, 5.74) is -1.17. The summed E-state index contributed by atoms with van der Waals surface area (Å²) in [6.07, 6.45) is 1.22. The van der Waals surface area contributed by atoms with Crippen LogP contribution in [0, 0.1) is 5.92 Å². The van der Waals surface area contributed by atoms with E-state index < -0.39 is 29.5 Å². The molecule has 0 aromatic heterocycles. The third-order valence-corrected chi connectivity index (χ3v) is 4.13. The third kappa shape index (κ3) is 12.8. The summed E-state index contributed by atoms with van der Waals surface area (Å²) < 4.78 is 30.7. The predicted octanol–water partition coefficient (Wildman–Crippen LogP) is 5.46. The Hall–Kier alpha value is -3.56. The highest BCUT2D eigenvalue weighted by atomic mass is 16.8. The van der Waals surface area contributed by atoms with Gasteiger partial charge in [-0.05, 0) is 71.7 Å². The molecule has 0 fully saturated rings. The van der Waals surface area contributed by atoms with Crippen LogP contribution in [0.2, 0.25) is 0 Å². The lowest BCUT2D eigenvalue weighted by Crippen LogP contribution is -2.27. The maximum Gasteiger partial charge on any atom is 0.514 e. The first kappa shape index (κ1) is 30.5. The Morgan fingerprint density at radius 2 is 1.36 bits per heavy atom. The molecule has 0 aliphatic heterocycles. The summed E-state index contributed by atoms with van der Waals surface area (Å²) in [4.78, 5) is 47.9. The quantitative estimate of drug-likeness (QED) is 0.140.